The number of benzene rings is 1. The summed E-state index contributed by atoms with van der Waals surface area (Å²) in [4.78, 5) is 0. The van der Waals surface area contributed by atoms with E-state index in [9.17, 15) is 5.11 Å². The SMILES string of the molecule is CC(CNCC1(O)CCC(C)(C)CC1)c1ccccc1. The van der Waals surface area contributed by atoms with E-state index < -0.39 is 5.60 Å². The summed E-state index contributed by atoms with van der Waals surface area (Å²) in [6.45, 7) is 8.49. The highest BCUT2D eigenvalue weighted by Gasteiger charge is 2.36. The highest BCUT2D eigenvalue weighted by molar-refractivity contribution is 5.18. The van der Waals surface area contributed by atoms with Crippen molar-refractivity contribution in [2.24, 2.45) is 5.41 Å². The van der Waals surface area contributed by atoms with Crippen molar-refractivity contribution in [2.75, 3.05) is 13.1 Å². The first-order valence-electron chi connectivity index (χ1n) is 7.88. The Morgan fingerprint density at radius 1 is 1.10 bits per heavy atom. The molecule has 1 atom stereocenters. The molecule has 20 heavy (non-hydrogen) atoms. The topological polar surface area (TPSA) is 32.3 Å². The Kier molecular flexibility index (Phi) is 4.87. The molecule has 112 valence electrons. The van der Waals surface area contributed by atoms with Gasteiger partial charge in [-0.1, -0.05) is 51.1 Å². The van der Waals surface area contributed by atoms with Crippen LogP contribution in [0.5, 0.6) is 0 Å². The van der Waals surface area contributed by atoms with Crippen LogP contribution in [-0.4, -0.2) is 23.8 Å². The van der Waals surface area contributed by atoms with Crippen LogP contribution in [-0.2, 0) is 0 Å². The minimum absolute atomic E-state index is 0.406. The molecular weight excluding hydrogens is 246 g/mol. The van der Waals surface area contributed by atoms with Crippen molar-refractivity contribution in [1.29, 1.82) is 0 Å². The Labute approximate surface area is 123 Å². The molecule has 1 unspecified atom stereocenters. The van der Waals surface area contributed by atoms with E-state index in [2.05, 4.69) is 56.4 Å². The summed E-state index contributed by atoms with van der Waals surface area (Å²) in [5.74, 6) is 0.486. The van der Waals surface area contributed by atoms with E-state index in [0.29, 0.717) is 11.3 Å². The third kappa shape index (κ3) is 4.32. The first-order chi connectivity index (χ1) is 9.40. The highest BCUT2D eigenvalue weighted by Crippen LogP contribution is 2.39. The van der Waals surface area contributed by atoms with Crippen molar-refractivity contribution in [3.05, 3.63) is 35.9 Å². The number of hydrogen-bond donors (Lipinski definition) is 2. The summed E-state index contributed by atoms with van der Waals surface area (Å²) >= 11 is 0. The molecule has 0 amide bonds. The van der Waals surface area contributed by atoms with Gasteiger partial charge >= 0.3 is 0 Å². The molecule has 1 aliphatic carbocycles. The van der Waals surface area contributed by atoms with Crippen LogP contribution < -0.4 is 5.32 Å². The molecule has 2 nitrogen and oxygen atoms in total. The van der Waals surface area contributed by atoms with Gasteiger partial charge < -0.3 is 10.4 Å². The molecule has 0 aromatic heterocycles. The standard InChI is InChI=1S/C18H29NO/c1-15(16-7-5-4-6-8-16)13-19-14-18(20)11-9-17(2,3)10-12-18/h4-8,15,19-20H,9-14H2,1-3H3. The van der Waals surface area contributed by atoms with Gasteiger partial charge in [-0.15, -0.1) is 0 Å². The monoisotopic (exact) mass is 275 g/mol. The predicted octanol–water partition coefficient (Wildman–Crippen LogP) is 3.71. The van der Waals surface area contributed by atoms with E-state index >= 15 is 0 Å². The maximum Gasteiger partial charge on any atom is 0.0772 e. The van der Waals surface area contributed by atoms with Gasteiger partial charge in [0.2, 0.25) is 0 Å². The molecule has 1 aromatic rings. The van der Waals surface area contributed by atoms with Gasteiger partial charge in [-0.05, 0) is 42.6 Å². The quantitative estimate of drug-likeness (QED) is 0.858. The Morgan fingerprint density at radius 2 is 1.70 bits per heavy atom. The van der Waals surface area contributed by atoms with Gasteiger partial charge in [0.15, 0.2) is 0 Å². The molecule has 1 aliphatic rings. The Balaban J connectivity index is 1.76. The molecule has 2 heteroatoms. The lowest BCUT2D eigenvalue weighted by atomic mass is 9.71. The number of rotatable bonds is 5. The van der Waals surface area contributed by atoms with Crippen LogP contribution in [0.25, 0.3) is 0 Å². The predicted molar refractivity (Wildman–Crippen MR) is 84.9 cm³/mol. The van der Waals surface area contributed by atoms with E-state index in [-0.39, 0.29) is 0 Å². The summed E-state index contributed by atoms with van der Waals surface area (Å²) in [6.07, 6.45) is 4.10. The molecule has 0 heterocycles. The van der Waals surface area contributed by atoms with Crippen LogP contribution >= 0.6 is 0 Å². The van der Waals surface area contributed by atoms with Gasteiger partial charge in [-0.2, -0.15) is 0 Å². The zero-order valence-corrected chi connectivity index (χ0v) is 13.2. The lowest BCUT2D eigenvalue weighted by Gasteiger charge is -2.40. The summed E-state index contributed by atoms with van der Waals surface area (Å²) in [5.41, 5.74) is 1.27. The Bertz CT molecular complexity index is 403. The third-order valence-corrected chi connectivity index (χ3v) is 4.81. The third-order valence-electron chi connectivity index (χ3n) is 4.81. The Hall–Kier alpha value is -0.860. The van der Waals surface area contributed by atoms with Crippen LogP contribution in [0.2, 0.25) is 0 Å². The summed E-state index contributed by atoms with van der Waals surface area (Å²) < 4.78 is 0. The molecular formula is C18H29NO. The smallest absolute Gasteiger partial charge is 0.0772 e. The second kappa shape index (κ2) is 6.28. The molecule has 2 rings (SSSR count). The second-order valence-corrected chi connectivity index (χ2v) is 7.33. The largest absolute Gasteiger partial charge is 0.389 e. The van der Waals surface area contributed by atoms with Gasteiger partial charge in [-0.3, -0.25) is 0 Å². The highest BCUT2D eigenvalue weighted by atomic mass is 16.3. The second-order valence-electron chi connectivity index (χ2n) is 7.33. The zero-order valence-electron chi connectivity index (χ0n) is 13.2. The van der Waals surface area contributed by atoms with Crippen molar-refractivity contribution in [2.45, 2.75) is 58.0 Å². The van der Waals surface area contributed by atoms with Gasteiger partial charge in [0.25, 0.3) is 0 Å². The van der Waals surface area contributed by atoms with Crippen LogP contribution in [0.1, 0.15) is 57.9 Å². The maximum absolute atomic E-state index is 10.6. The number of aliphatic hydroxyl groups is 1. The van der Waals surface area contributed by atoms with Gasteiger partial charge in [0, 0.05) is 13.1 Å². The van der Waals surface area contributed by atoms with Gasteiger partial charge in [-0.25, -0.2) is 0 Å². The van der Waals surface area contributed by atoms with Crippen LogP contribution in [0.3, 0.4) is 0 Å². The van der Waals surface area contributed by atoms with E-state index in [1.807, 2.05) is 0 Å². The van der Waals surface area contributed by atoms with Crippen molar-refractivity contribution in [3.63, 3.8) is 0 Å². The van der Waals surface area contributed by atoms with Crippen LogP contribution in [0.4, 0.5) is 0 Å². The maximum atomic E-state index is 10.6. The lowest BCUT2D eigenvalue weighted by Crippen LogP contribution is -2.45. The van der Waals surface area contributed by atoms with Crippen LogP contribution in [0, 0.1) is 5.41 Å². The van der Waals surface area contributed by atoms with E-state index in [1.165, 1.54) is 5.56 Å². The van der Waals surface area contributed by atoms with Crippen molar-refractivity contribution in [1.82, 2.24) is 5.32 Å². The summed E-state index contributed by atoms with van der Waals surface area (Å²) in [7, 11) is 0. The first kappa shape index (κ1) is 15.5. The zero-order chi connectivity index (χ0) is 14.6. The average Bonchev–Trinajstić information content (AvgIpc) is 2.44. The number of nitrogens with one attached hydrogen (secondary N) is 1. The fourth-order valence-corrected chi connectivity index (χ4v) is 2.99. The Morgan fingerprint density at radius 3 is 2.30 bits per heavy atom. The normalized spacial score (nSPS) is 22.4. The summed E-state index contributed by atoms with van der Waals surface area (Å²) in [6, 6.07) is 10.6. The molecule has 1 saturated carbocycles. The molecule has 2 N–H and O–H groups in total. The molecule has 0 spiro atoms. The molecule has 1 aromatic carbocycles. The van der Waals surface area contributed by atoms with E-state index in [1.54, 1.807) is 0 Å². The van der Waals surface area contributed by atoms with Crippen molar-refractivity contribution < 1.29 is 5.11 Å². The lowest BCUT2D eigenvalue weighted by molar-refractivity contribution is -0.0243. The molecule has 0 saturated heterocycles. The van der Waals surface area contributed by atoms with Crippen molar-refractivity contribution >= 4 is 0 Å². The van der Waals surface area contributed by atoms with E-state index in [4.69, 9.17) is 0 Å². The fraction of sp³-hybridized carbons (Fsp3) is 0.667. The fourth-order valence-electron chi connectivity index (χ4n) is 2.99. The molecule has 0 aliphatic heterocycles. The van der Waals surface area contributed by atoms with Crippen LogP contribution in [0.15, 0.2) is 30.3 Å². The van der Waals surface area contributed by atoms with Crippen molar-refractivity contribution in [3.8, 4) is 0 Å². The number of hydrogen-bond acceptors (Lipinski definition) is 2. The molecule has 0 radical (unpaired) electrons. The minimum Gasteiger partial charge on any atom is -0.389 e. The average molecular weight is 275 g/mol. The molecule has 0 bridgehead atoms. The van der Waals surface area contributed by atoms with Gasteiger partial charge in [0.1, 0.15) is 0 Å². The minimum atomic E-state index is -0.494. The van der Waals surface area contributed by atoms with Gasteiger partial charge in [0.05, 0.1) is 5.60 Å². The van der Waals surface area contributed by atoms with E-state index in [0.717, 1.165) is 38.8 Å². The summed E-state index contributed by atoms with van der Waals surface area (Å²) in [5, 5.41) is 14.1. The molecule has 1 fully saturated rings. The first-order valence-corrected chi connectivity index (χ1v) is 7.88.